The van der Waals surface area contributed by atoms with Crippen LogP contribution < -0.4 is 5.73 Å². The van der Waals surface area contributed by atoms with E-state index in [1.165, 1.54) is 0 Å². The first-order chi connectivity index (χ1) is 5.52. The molecular formula is C10H20N2. The normalized spacial score (nSPS) is 12.9. The van der Waals surface area contributed by atoms with E-state index in [1.54, 1.807) is 0 Å². The Bertz CT molecular complexity index is 162. The molecule has 1 unspecified atom stereocenters. The molecule has 0 spiro atoms. The van der Waals surface area contributed by atoms with E-state index >= 15 is 0 Å². The summed E-state index contributed by atoms with van der Waals surface area (Å²) in [5.74, 6) is 6.68. The summed E-state index contributed by atoms with van der Waals surface area (Å²) in [6.45, 7) is 8.22. The van der Waals surface area contributed by atoms with E-state index in [2.05, 4.69) is 37.6 Å². The second kappa shape index (κ2) is 6.05. The van der Waals surface area contributed by atoms with Gasteiger partial charge in [-0.2, -0.15) is 0 Å². The van der Waals surface area contributed by atoms with Gasteiger partial charge < -0.3 is 5.73 Å². The molecule has 0 rings (SSSR count). The lowest BCUT2D eigenvalue weighted by atomic mass is 10.2. The first-order valence-corrected chi connectivity index (χ1v) is 4.45. The molecule has 0 radical (unpaired) electrons. The summed E-state index contributed by atoms with van der Waals surface area (Å²) < 4.78 is 0. The molecule has 70 valence electrons. The van der Waals surface area contributed by atoms with Crippen LogP contribution >= 0.6 is 0 Å². The molecule has 0 fully saturated rings. The molecule has 0 aliphatic heterocycles. The molecule has 1 atom stereocenters. The Morgan fingerprint density at radius 3 is 2.33 bits per heavy atom. The summed E-state index contributed by atoms with van der Waals surface area (Å²) in [6, 6.07) is -0.00236. The molecule has 0 aromatic heterocycles. The van der Waals surface area contributed by atoms with Crippen molar-refractivity contribution in [3.63, 3.8) is 0 Å². The van der Waals surface area contributed by atoms with Crippen LogP contribution in [-0.2, 0) is 0 Å². The fourth-order valence-corrected chi connectivity index (χ4v) is 1.03. The van der Waals surface area contributed by atoms with Crippen LogP contribution in [0.2, 0.25) is 0 Å². The van der Waals surface area contributed by atoms with Crippen LogP contribution in [0.5, 0.6) is 0 Å². The minimum atomic E-state index is -0.00236. The highest BCUT2D eigenvalue weighted by Gasteiger charge is 1.98. The fourth-order valence-electron chi connectivity index (χ4n) is 1.03. The first kappa shape index (κ1) is 11.5. The number of hydrogen-bond acceptors (Lipinski definition) is 2. The van der Waals surface area contributed by atoms with Gasteiger partial charge in [-0.05, 0) is 19.9 Å². The monoisotopic (exact) mass is 168 g/mol. The second-order valence-electron chi connectivity index (χ2n) is 3.70. The summed E-state index contributed by atoms with van der Waals surface area (Å²) in [7, 11) is 2.08. The van der Waals surface area contributed by atoms with Gasteiger partial charge in [0.1, 0.15) is 0 Å². The number of nitrogens with two attached hydrogens (primary N) is 1. The van der Waals surface area contributed by atoms with Gasteiger partial charge in [-0.1, -0.05) is 25.7 Å². The number of rotatable bonds is 3. The van der Waals surface area contributed by atoms with Crippen LogP contribution in [0.15, 0.2) is 0 Å². The summed E-state index contributed by atoms with van der Waals surface area (Å²) in [5.41, 5.74) is 5.49. The van der Waals surface area contributed by atoms with Crippen LogP contribution in [0.25, 0.3) is 0 Å². The largest absolute Gasteiger partial charge is 0.318 e. The molecule has 0 aromatic carbocycles. The Balaban J connectivity index is 3.58. The molecule has 0 aromatic rings. The quantitative estimate of drug-likeness (QED) is 0.635. The van der Waals surface area contributed by atoms with Crippen molar-refractivity contribution in [3.05, 3.63) is 0 Å². The third-order valence-electron chi connectivity index (χ3n) is 1.36. The Hall–Kier alpha value is -0.520. The van der Waals surface area contributed by atoms with Crippen LogP contribution in [0, 0.1) is 17.8 Å². The summed E-state index contributed by atoms with van der Waals surface area (Å²) in [5, 5.41) is 0. The lowest BCUT2D eigenvalue weighted by Crippen LogP contribution is -2.23. The molecule has 0 saturated carbocycles. The summed E-state index contributed by atoms with van der Waals surface area (Å²) in [6.07, 6.45) is 0. The minimum Gasteiger partial charge on any atom is -0.318 e. The molecule has 0 saturated heterocycles. The third kappa shape index (κ3) is 7.59. The van der Waals surface area contributed by atoms with Crippen molar-refractivity contribution in [3.8, 4) is 11.8 Å². The van der Waals surface area contributed by atoms with Crippen molar-refractivity contribution >= 4 is 0 Å². The van der Waals surface area contributed by atoms with E-state index in [0.29, 0.717) is 5.92 Å². The van der Waals surface area contributed by atoms with Gasteiger partial charge in [-0.25, -0.2) is 0 Å². The molecule has 0 aliphatic carbocycles. The van der Waals surface area contributed by atoms with Crippen molar-refractivity contribution in [2.75, 3.05) is 20.1 Å². The van der Waals surface area contributed by atoms with Gasteiger partial charge >= 0.3 is 0 Å². The van der Waals surface area contributed by atoms with Crippen molar-refractivity contribution in [2.45, 2.75) is 26.8 Å². The highest BCUT2D eigenvalue weighted by molar-refractivity contribution is 5.06. The molecule has 0 aliphatic rings. The topological polar surface area (TPSA) is 29.3 Å². The minimum absolute atomic E-state index is 0.00236. The summed E-state index contributed by atoms with van der Waals surface area (Å²) >= 11 is 0. The maximum atomic E-state index is 5.49. The molecule has 2 heteroatoms. The highest BCUT2D eigenvalue weighted by Crippen LogP contribution is 1.93. The SMILES string of the molecule is CC(N)C#CCN(C)CC(C)C. The Morgan fingerprint density at radius 1 is 1.33 bits per heavy atom. The van der Waals surface area contributed by atoms with E-state index < -0.39 is 0 Å². The molecule has 0 amide bonds. The standard InChI is InChI=1S/C10H20N2/c1-9(2)8-12(4)7-5-6-10(3)11/h9-10H,7-8,11H2,1-4H3. The van der Waals surface area contributed by atoms with E-state index in [9.17, 15) is 0 Å². The van der Waals surface area contributed by atoms with Gasteiger partial charge in [-0.3, -0.25) is 4.90 Å². The van der Waals surface area contributed by atoms with Gasteiger partial charge in [0.05, 0.1) is 12.6 Å². The van der Waals surface area contributed by atoms with Crippen molar-refractivity contribution in [2.24, 2.45) is 11.7 Å². The highest BCUT2D eigenvalue weighted by atomic mass is 15.1. The van der Waals surface area contributed by atoms with Gasteiger partial charge in [0.15, 0.2) is 0 Å². The maximum absolute atomic E-state index is 5.49. The fraction of sp³-hybridized carbons (Fsp3) is 0.800. The van der Waals surface area contributed by atoms with Gasteiger partial charge in [0, 0.05) is 6.54 Å². The third-order valence-corrected chi connectivity index (χ3v) is 1.36. The zero-order valence-corrected chi connectivity index (χ0v) is 8.59. The zero-order valence-electron chi connectivity index (χ0n) is 8.59. The van der Waals surface area contributed by atoms with Crippen LogP contribution in [0.4, 0.5) is 0 Å². The molecule has 0 bridgehead atoms. The lowest BCUT2D eigenvalue weighted by molar-refractivity contribution is 0.328. The van der Waals surface area contributed by atoms with E-state index in [0.717, 1.165) is 13.1 Å². The van der Waals surface area contributed by atoms with E-state index in [1.807, 2.05) is 6.92 Å². The Morgan fingerprint density at radius 2 is 1.92 bits per heavy atom. The smallest absolute Gasteiger partial charge is 0.0636 e. The van der Waals surface area contributed by atoms with E-state index in [-0.39, 0.29) is 6.04 Å². The zero-order chi connectivity index (χ0) is 9.56. The maximum Gasteiger partial charge on any atom is 0.0636 e. The van der Waals surface area contributed by atoms with Crippen molar-refractivity contribution in [1.29, 1.82) is 0 Å². The van der Waals surface area contributed by atoms with Crippen molar-refractivity contribution < 1.29 is 0 Å². The molecular weight excluding hydrogens is 148 g/mol. The molecule has 12 heavy (non-hydrogen) atoms. The van der Waals surface area contributed by atoms with Crippen LogP contribution in [0.1, 0.15) is 20.8 Å². The molecule has 2 nitrogen and oxygen atoms in total. The van der Waals surface area contributed by atoms with Gasteiger partial charge in [0.2, 0.25) is 0 Å². The second-order valence-corrected chi connectivity index (χ2v) is 3.70. The summed E-state index contributed by atoms with van der Waals surface area (Å²) in [4.78, 5) is 2.21. The van der Waals surface area contributed by atoms with Gasteiger partial charge in [-0.15, -0.1) is 0 Å². The van der Waals surface area contributed by atoms with Crippen LogP contribution in [-0.4, -0.2) is 31.1 Å². The predicted molar refractivity (Wildman–Crippen MR) is 53.8 cm³/mol. The Kier molecular flexibility index (Phi) is 5.79. The lowest BCUT2D eigenvalue weighted by Gasteiger charge is -2.15. The number of nitrogens with zero attached hydrogens (tertiary/aromatic N) is 1. The van der Waals surface area contributed by atoms with Crippen molar-refractivity contribution in [1.82, 2.24) is 4.90 Å². The average molecular weight is 168 g/mol. The average Bonchev–Trinajstić information content (AvgIpc) is 1.84. The molecule has 0 heterocycles. The Labute approximate surface area is 76.1 Å². The first-order valence-electron chi connectivity index (χ1n) is 4.45. The van der Waals surface area contributed by atoms with E-state index in [4.69, 9.17) is 5.73 Å². The van der Waals surface area contributed by atoms with Crippen LogP contribution in [0.3, 0.4) is 0 Å². The predicted octanol–water partition coefficient (Wildman–Crippen LogP) is 0.925. The molecule has 2 N–H and O–H groups in total. The van der Waals surface area contributed by atoms with Gasteiger partial charge in [0.25, 0.3) is 0 Å². The number of hydrogen-bond donors (Lipinski definition) is 1.